The molecule has 1 atom stereocenters. The average molecular weight is 208 g/mol. The summed E-state index contributed by atoms with van der Waals surface area (Å²) in [6.45, 7) is 5.92. The predicted octanol–water partition coefficient (Wildman–Crippen LogP) is 3.11. The van der Waals surface area contributed by atoms with Gasteiger partial charge < -0.3 is 5.32 Å². The maximum Gasteiger partial charge on any atom is 0.272 e. The van der Waals surface area contributed by atoms with Gasteiger partial charge >= 0.3 is 0 Å². The van der Waals surface area contributed by atoms with Gasteiger partial charge in [0, 0.05) is 23.4 Å². The molecule has 1 N–H and O–H groups in total. The molecule has 82 valence electrons. The highest BCUT2D eigenvalue weighted by molar-refractivity contribution is 5.53. The Kier molecular flexibility index (Phi) is 3.66. The second-order valence-corrected chi connectivity index (χ2v) is 3.71. The Hall–Kier alpha value is -1.58. The van der Waals surface area contributed by atoms with Crippen molar-refractivity contribution in [2.45, 2.75) is 33.2 Å². The molecule has 0 radical (unpaired) electrons. The first-order valence-corrected chi connectivity index (χ1v) is 5.06. The fraction of sp³-hybridized carbons (Fsp3) is 0.455. The summed E-state index contributed by atoms with van der Waals surface area (Å²) in [6, 6.07) is 5.48. The van der Waals surface area contributed by atoms with Crippen molar-refractivity contribution in [3.8, 4) is 0 Å². The second kappa shape index (κ2) is 4.77. The van der Waals surface area contributed by atoms with Crippen LogP contribution in [0.4, 0.5) is 11.4 Å². The van der Waals surface area contributed by atoms with Gasteiger partial charge in [0.2, 0.25) is 0 Å². The van der Waals surface area contributed by atoms with Gasteiger partial charge in [0.25, 0.3) is 5.69 Å². The number of nitro benzene ring substituents is 1. The zero-order valence-corrected chi connectivity index (χ0v) is 9.28. The van der Waals surface area contributed by atoms with Crippen molar-refractivity contribution >= 4 is 11.4 Å². The molecule has 0 saturated carbocycles. The van der Waals surface area contributed by atoms with E-state index in [1.165, 1.54) is 0 Å². The molecular weight excluding hydrogens is 192 g/mol. The predicted molar refractivity (Wildman–Crippen MR) is 61.2 cm³/mol. The third-order valence-corrected chi connectivity index (χ3v) is 2.42. The van der Waals surface area contributed by atoms with Gasteiger partial charge in [-0.1, -0.05) is 6.92 Å². The smallest absolute Gasteiger partial charge is 0.272 e. The highest BCUT2D eigenvalue weighted by Gasteiger charge is 2.10. The Morgan fingerprint density at radius 1 is 1.53 bits per heavy atom. The van der Waals surface area contributed by atoms with Crippen molar-refractivity contribution in [1.82, 2.24) is 0 Å². The van der Waals surface area contributed by atoms with Crippen LogP contribution in [-0.2, 0) is 0 Å². The molecule has 0 aliphatic rings. The van der Waals surface area contributed by atoms with Gasteiger partial charge in [-0.2, -0.15) is 0 Å². The second-order valence-electron chi connectivity index (χ2n) is 3.71. The zero-order chi connectivity index (χ0) is 11.4. The summed E-state index contributed by atoms with van der Waals surface area (Å²) in [7, 11) is 0. The van der Waals surface area contributed by atoms with Crippen molar-refractivity contribution in [3.05, 3.63) is 33.9 Å². The summed E-state index contributed by atoms with van der Waals surface area (Å²) in [6.07, 6.45) is 1.02. The van der Waals surface area contributed by atoms with Gasteiger partial charge in [0.05, 0.1) is 4.92 Å². The van der Waals surface area contributed by atoms with Crippen LogP contribution in [0.25, 0.3) is 0 Å². The molecule has 0 fully saturated rings. The lowest BCUT2D eigenvalue weighted by molar-refractivity contribution is -0.385. The van der Waals surface area contributed by atoms with E-state index in [4.69, 9.17) is 0 Å². The van der Waals surface area contributed by atoms with Crippen LogP contribution in [0.15, 0.2) is 18.2 Å². The van der Waals surface area contributed by atoms with Crippen LogP contribution in [-0.4, -0.2) is 11.0 Å². The van der Waals surface area contributed by atoms with Crippen LogP contribution in [0.2, 0.25) is 0 Å². The van der Waals surface area contributed by atoms with E-state index >= 15 is 0 Å². The standard InChI is InChI=1S/C11H16N2O2/c1-4-9(3)12-10-5-6-11(13(14)15)8(2)7-10/h5-7,9,12H,4H2,1-3H3. The minimum Gasteiger partial charge on any atom is -0.383 e. The fourth-order valence-electron chi connectivity index (χ4n) is 1.34. The van der Waals surface area contributed by atoms with Crippen LogP contribution in [0.5, 0.6) is 0 Å². The van der Waals surface area contributed by atoms with E-state index in [0.717, 1.165) is 12.1 Å². The Bertz CT molecular complexity index is 364. The third-order valence-electron chi connectivity index (χ3n) is 2.42. The molecule has 1 aromatic carbocycles. The summed E-state index contributed by atoms with van der Waals surface area (Å²) in [5.74, 6) is 0. The van der Waals surface area contributed by atoms with Gasteiger partial charge in [-0.05, 0) is 32.4 Å². The van der Waals surface area contributed by atoms with Crippen LogP contribution in [0.1, 0.15) is 25.8 Å². The lowest BCUT2D eigenvalue weighted by Gasteiger charge is -2.13. The first-order chi connectivity index (χ1) is 7.04. The normalized spacial score (nSPS) is 12.2. The van der Waals surface area contributed by atoms with Crippen molar-refractivity contribution in [2.24, 2.45) is 0 Å². The highest BCUT2D eigenvalue weighted by Crippen LogP contribution is 2.22. The van der Waals surface area contributed by atoms with E-state index in [0.29, 0.717) is 11.6 Å². The average Bonchev–Trinajstić information content (AvgIpc) is 2.17. The van der Waals surface area contributed by atoms with E-state index in [1.54, 1.807) is 19.1 Å². The summed E-state index contributed by atoms with van der Waals surface area (Å²) in [5.41, 5.74) is 1.80. The maximum atomic E-state index is 10.6. The molecule has 0 aliphatic carbocycles. The number of hydrogen-bond donors (Lipinski definition) is 1. The SMILES string of the molecule is CCC(C)Nc1ccc([N+](=O)[O-])c(C)c1. The number of nitrogens with one attached hydrogen (secondary N) is 1. The van der Waals surface area contributed by atoms with Gasteiger partial charge in [0.15, 0.2) is 0 Å². The molecule has 0 aliphatic heterocycles. The minimum absolute atomic E-state index is 0.171. The molecule has 0 heterocycles. The van der Waals surface area contributed by atoms with Gasteiger partial charge in [0.1, 0.15) is 0 Å². The molecule has 15 heavy (non-hydrogen) atoms. The molecule has 1 aromatic rings. The van der Waals surface area contributed by atoms with Crippen LogP contribution in [0, 0.1) is 17.0 Å². The van der Waals surface area contributed by atoms with E-state index in [9.17, 15) is 10.1 Å². The van der Waals surface area contributed by atoms with E-state index in [-0.39, 0.29) is 10.6 Å². The maximum absolute atomic E-state index is 10.6. The molecule has 0 amide bonds. The van der Waals surface area contributed by atoms with Crippen LogP contribution >= 0.6 is 0 Å². The molecule has 1 rings (SSSR count). The van der Waals surface area contributed by atoms with Gasteiger partial charge in [-0.25, -0.2) is 0 Å². The van der Waals surface area contributed by atoms with Crippen molar-refractivity contribution in [3.63, 3.8) is 0 Å². The quantitative estimate of drug-likeness (QED) is 0.611. The molecule has 0 saturated heterocycles. The van der Waals surface area contributed by atoms with Gasteiger partial charge in [-0.3, -0.25) is 10.1 Å². The Morgan fingerprint density at radius 2 is 2.20 bits per heavy atom. The molecule has 4 heteroatoms. The minimum atomic E-state index is -0.359. The number of rotatable bonds is 4. The summed E-state index contributed by atoms with van der Waals surface area (Å²) < 4.78 is 0. The molecule has 4 nitrogen and oxygen atoms in total. The first-order valence-electron chi connectivity index (χ1n) is 5.06. The monoisotopic (exact) mass is 208 g/mol. The fourth-order valence-corrected chi connectivity index (χ4v) is 1.34. The molecule has 1 unspecified atom stereocenters. The number of hydrogen-bond acceptors (Lipinski definition) is 3. The number of aryl methyl sites for hydroxylation is 1. The third kappa shape index (κ3) is 2.94. The topological polar surface area (TPSA) is 55.2 Å². The number of anilines is 1. The lowest BCUT2D eigenvalue weighted by atomic mass is 10.1. The molecule has 0 aromatic heterocycles. The Morgan fingerprint density at radius 3 is 2.67 bits per heavy atom. The summed E-state index contributed by atoms with van der Waals surface area (Å²) in [5, 5.41) is 13.9. The Balaban J connectivity index is 2.87. The van der Waals surface area contributed by atoms with E-state index in [1.807, 2.05) is 6.07 Å². The van der Waals surface area contributed by atoms with Crippen molar-refractivity contribution < 1.29 is 4.92 Å². The van der Waals surface area contributed by atoms with E-state index < -0.39 is 0 Å². The number of nitro groups is 1. The zero-order valence-electron chi connectivity index (χ0n) is 9.28. The largest absolute Gasteiger partial charge is 0.383 e. The molecule has 0 spiro atoms. The highest BCUT2D eigenvalue weighted by atomic mass is 16.6. The number of nitrogens with zero attached hydrogens (tertiary/aromatic N) is 1. The van der Waals surface area contributed by atoms with Gasteiger partial charge in [-0.15, -0.1) is 0 Å². The van der Waals surface area contributed by atoms with Crippen LogP contribution in [0.3, 0.4) is 0 Å². The first kappa shape index (κ1) is 11.5. The summed E-state index contributed by atoms with van der Waals surface area (Å²) in [4.78, 5) is 10.2. The molecule has 0 bridgehead atoms. The van der Waals surface area contributed by atoms with Crippen molar-refractivity contribution in [1.29, 1.82) is 0 Å². The van der Waals surface area contributed by atoms with Crippen molar-refractivity contribution in [2.75, 3.05) is 5.32 Å². The Labute approximate surface area is 89.5 Å². The van der Waals surface area contributed by atoms with E-state index in [2.05, 4.69) is 19.2 Å². The van der Waals surface area contributed by atoms with Crippen LogP contribution < -0.4 is 5.32 Å². The lowest BCUT2D eigenvalue weighted by Crippen LogP contribution is -2.13. The molecular formula is C11H16N2O2. The number of benzene rings is 1. The summed E-state index contributed by atoms with van der Waals surface area (Å²) >= 11 is 0.